The average molecular weight is 180 g/mol. The highest BCUT2D eigenvalue weighted by molar-refractivity contribution is 5.00. The van der Waals surface area contributed by atoms with Crippen molar-refractivity contribution in [2.24, 2.45) is 0 Å². The first kappa shape index (κ1) is 8.78. The van der Waals surface area contributed by atoms with E-state index in [0.29, 0.717) is 12.1 Å². The van der Waals surface area contributed by atoms with Gasteiger partial charge in [-0.2, -0.15) is 0 Å². The van der Waals surface area contributed by atoms with Crippen molar-refractivity contribution in [1.29, 1.82) is 0 Å². The normalized spacial score (nSPS) is 19.8. The number of hydrogen-bond acceptors (Lipinski definition) is 3. The summed E-state index contributed by atoms with van der Waals surface area (Å²) in [6, 6.07) is 5.12. The van der Waals surface area contributed by atoms with Crippen LogP contribution in [-0.2, 0) is 6.42 Å². The molecule has 0 radical (unpaired) electrons. The molecule has 0 bridgehead atoms. The SMILES string of the molecule is CC(Cc1ccco1)NC1CNC1. The number of rotatable bonds is 4. The molecule has 13 heavy (non-hydrogen) atoms. The monoisotopic (exact) mass is 180 g/mol. The second-order valence-electron chi connectivity index (χ2n) is 3.71. The highest BCUT2D eigenvalue weighted by Crippen LogP contribution is 2.05. The van der Waals surface area contributed by atoms with Crippen LogP contribution in [0.3, 0.4) is 0 Å². The summed E-state index contributed by atoms with van der Waals surface area (Å²) >= 11 is 0. The molecule has 0 aliphatic carbocycles. The van der Waals surface area contributed by atoms with Crippen LogP contribution in [0.5, 0.6) is 0 Å². The molecule has 2 heterocycles. The van der Waals surface area contributed by atoms with Gasteiger partial charge in [0.1, 0.15) is 5.76 Å². The van der Waals surface area contributed by atoms with E-state index >= 15 is 0 Å². The lowest BCUT2D eigenvalue weighted by Gasteiger charge is -2.30. The van der Waals surface area contributed by atoms with Gasteiger partial charge < -0.3 is 15.1 Å². The summed E-state index contributed by atoms with van der Waals surface area (Å²) in [6.45, 7) is 4.39. The highest BCUT2D eigenvalue weighted by Gasteiger charge is 2.18. The van der Waals surface area contributed by atoms with E-state index in [1.165, 1.54) is 0 Å². The molecule has 0 amide bonds. The van der Waals surface area contributed by atoms with Gasteiger partial charge in [0, 0.05) is 31.6 Å². The van der Waals surface area contributed by atoms with E-state index in [9.17, 15) is 0 Å². The van der Waals surface area contributed by atoms with Crippen molar-refractivity contribution < 1.29 is 4.42 Å². The first-order chi connectivity index (χ1) is 6.34. The largest absolute Gasteiger partial charge is 0.469 e. The van der Waals surface area contributed by atoms with Gasteiger partial charge in [-0.1, -0.05) is 0 Å². The molecular weight excluding hydrogens is 164 g/mol. The zero-order chi connectivity index (χ0) is 9.10. The first-order valence-corrected chi connectivity index (χ1v) is 4.84. The van der Waals surface area contributed by atoms with Crippen molar-refractivity contribution in [3.05, 3.63) is 24.2 Å². The van der Waals surface area contributed by atoms with Crippen molar-refractivity contribution in [2.45, 2.75) is 25.4 Å². The third-order valence-electron chi connectivity index (χ3n) is 2.39. The Morgan fingerprint density at radius 2 is 2.54 bits per heavy atom. The van der Waals surface area contributed by atoms with Crippen LogP contribution in [0.4, 0.5) is 0 Å². The summed E-state index contributed by atoms with van der Waals surface area (Å²) in [6.07, 6.45) is 2.70. The van der Waals surface area contributed by atoms with Gasteiger partial charge in [0.2, 0.25) is 0 Å². The summed E-state index contributed by atoms with van der Waals surface area (Å²) in [5.41, 5.74) is 0. The van der Waals surface area contributed by atoms with E-state index in [1.54, 1.807) is 6.26 Å². The predicted molar refractivity (Wildman–Crippen MR) is 51.7 cm³/mol. The van der Waals surface area contributed by atoms with Crippen molar-refractivity contribution in [1.82, 2.24) is 10.6 Å². The Bertz CT molecular complexity index is 241. The van der Waals surface area contributed by atoms with Crippen molar-refractivity contribution in [3.8, 4) is 0 Å². The van der Waals surface area contributed by atoms with Crippen molar-refractivity contribution in [3.63, 3.8) is 0 Å². The van der Waals surface area contributed by atoms with Gasteiger partial charge in [-0.25, -0.2) is 0 Å². The number of hydrogen-bond donors (Lipinski definition) is 2. The molecule has 1 saturated heterocycles. The quantitative estimate of drug-likeness (QED) is 0.718. The Balaban J connectivity index is 1.74. The lowest BCUT2D eigenvalue weighted by Crippen LogP contribution is -2.57. The molecule has 0 aromatic carbocycles. The Kier molecular flexibility index (Phi) is 2.66. The maximum atomic E-state index is 5.28. The molecule has 72 valence electrons. The Morgan fingerprint density at radius 1 is 1.69 bits per heavy atom. The van der Waals surface area contributed by atoms with Gasteiger partial charge >= 0.3 is 0 Å². The van der Waals surface area contributed by atoms with Crippen LogP contribution < -0.4 is 10.6 Å². The average Bonchev–Trinajstić information content (AvgIpc) is 2.49. The van der Waals surface area contributed by atoms with Gasteiger partial charge in [0.05, 0.1) is 6.26 Å². The summed E-state index contributed by atoms with van der Waals surface area (Å²) in [5.74, 6) is 1.06. The lowest BCUT2D eigenvalue weighted by molar-refractivity contribution is 0.326. The van der Waals surface area contributed by atoms with E-state index < -0.39 is 0 Å². The Labute approximate surface area is 78.5 Å². The minimum atomic E-state index is 0.498. The van der Waals surface area contributed by atoms with Crippen LogP contribution in [0, 0.1) is 0 Å². The second kappa shape index (κ2) is 3.94. The van der Waals surface area contributed by atoms with Crippen LogP contribution >= 0.6 is 0 Å². The van der Waals surface area contributed by atoms with Gasteiger partial charge in [-0.05, 0) is 19.1 Å². The molecule has 1 aromatic rings. The van der Waals surface area contributed by atoms with Crippen LogP contribution in [0.15, 0.2) is 22.8 Å². The molecule has 1 unspecified atom stereocenters. The molecule has 2 rings (SSSR count). The van der Waals surface area contributed by atoms with Gasteiger partial charge in [-0.3, -0.25) is 0 Å². The standard InChI is InChI=1S/C10H16N2O/c1-8(12-9-6-11-7-9)5-10-3-2-4-13-10/h2-4,8-9,11-12H,5-7H2,1H3. The first-order valence-electron chi connectivity index (χ1n) is 4.84. The number of nitrogens with one attached hydrogen (secondary N) is 2. The van der Waals surface area contributed by atoms with Crippen LogP contribution in [0.2, 0.25) is 0 Å². The third-order valence-corrected chi connectivity index (χ3v) is 2.39. The minimum Gasteiger partial charge on any atom is -0.469 e. The van der Waals surface area contributed by atoms with E-state index in [4.69, 9.17) is 4.42 Å². The lowest BCUT2D eigenvalue weighted by atomic mass is 10.1. The summed E-state index contributed by atoms with van der Waals surface area (Å²) in [7, 11) is 0. The van der Waals surface area contributed by atoms with Crippen LogP contribution in [-0.4, -0.2) is 25.2 Å². The van der Waals surface area contributed by atoms with Gasteiger partial charge in [-0.15, -0.1) is 0 Å². The molecule has 1 aromatic heterocycles. The minimum absolute atomic E-state index is 0.498. The number of furan rings is 1. The third kappa shape index (κ3) is 2.32. The molecule has 1 fully saturated rings. The Hall–Kier alpha value is -0.800. The zero-order valence-electron chi connectivity index (χ0n) is 7.92. The van der Waals surface area contributed by atoms with Crippen molar-refractivity contribution >= 4 is 0 Å². The summed E-state index contributed by atoms with van der Waals surface area (Å²) in [4.78, 5) is 0. The second-order valence-corrected chi connectivity index (χ2v) is 3.71. The van der Waals surface area contributed by atoms with Gasteiger partial charge in [0.15, 0.2) is 0 Å². The highest BCUT2D eigenvalue weighted by atomic mass is 16.3. The van der Waals surface area contributed by atoms with Crippen molar-refractivity contribution in [2.75, 3.05) is 13.1 Å². The molecule has 1 atom stereocenters. The molecular formula is C10H16N2O. The van der Waals surface area contributed by atoms with E-state index in [-0.39, 0.29) is 0 Å². The molecule has 0 spiro atoms. The Morgan fingerprint density at radius 3 is 3.08 bits per heavy atom. The fourth-order valence-corrected chi connectivity index (χ4v) is 1.60. The summed E-state index contributed by atoms with van der Waals surface area (Å²) in [5, 5.41) is 6.77. The van der Waals surface area contributed by atoms with Crippen LogP contribution in [0.25, 0.3) is 0 Å². The zero-order valence-corrected chi connectivity index (χ0v) is 7.92. The maximum Gasteiger partial charge on any atom is 0.105 e. The topological polar surface area (TPSA) is 37.2 Å². The smallest absolute Gasteiger partial charge is 0.105 e. The molecule has 1 aliphatic rings. The van der Waals surface area contributed by atoms with Crippen LogP contribution in [0.1, 0.15) is 12.7 Å². The maximum absolute atomic E-state index is 5.28. The van der Waals surface area contributed by atoms with E-state index in [0.717, 1.165) is 25.3 Å². The fourth-order valence-electron chi connectivity index (χ4n) is 1.60. The molecule has 0 saturated carbocycles. The molecule has 1 aliphatic heterocycles. The predicted octanol–water partition coefficient (Wildman–Crippen LogP) is 0.772. The molecule has 3 nitrogen and oxygen atoms in total. The van der Waals surface area contributed by atoms with E-state index in [1.807, 2.05) is 12.1 Å². The molecule has 3 heteroatoms. The molecule has 2 N–H and O–H groups in total. The summed E-state index contributed by atoms with van der Waals surface area (Å²) < 4.78 is 5.28. The van der Waals surface area contributed by atoms with E-state index in [2.05, 4.69) is 17.6 Å². The van der Waals surface area contributed by atoms with Gasteiger partial charge in [0.25, 0.3) is 0 Å². The fraction of sp³-hybridized carbons (Fsp3) is 0.600.